The zero-order valence-corrected chi connectivity index (χ0v) is 11.2. The van der Waals surface area contributed by atoms with E-state index in [1.165, 1.54) is 6.07 Å². The summed E-state index contributed by atoms with van der Waals surface area (Å²) in [4.78, 5) is 4.35. The zero-order chi connectivity index (χ0) is 13.3. The number of nitrogens with zero attached hydrogens (tertiary/aromatic N) is 2. The van der Waals surface area contributed by atoms with Crippen molar-refractivity contribution in [2.45, 2.75) is 26.0 Å². The van der Waals surface area contributed by atoms with Gasteiger partial charge in [-0.1, -0.05) is 6.07 Å². The average molecular weight is 252 g/mol. The number of aliphatic hydroxyl groups excluding tert-OH is 1. The predicted octanol–water partition coefficient (Wildman–Crippen LogP) is 2.02. The highest BCUT2D eigenvalue weighted by Gasteiger charge is 2.22. The molecule has 0 saturated carbocycles. The number of piperazine rings is 1. The largest absolute Gasteiger partial charge is 0.389 e. The minimum atomic E-state index is -0.625. The van der Waals surface area contributed by atoms with Crippen molar-refractivity contribution in [3.63, 3.8) is 0 Å². The zero-order valence-electron chi connectivity index (χ0n) is 11.2. The summed E-state index contributed by atoms with van der Waals surface area (Å²) in [6.07, 6.45) is -0.625. The Morgan fingerprint density at radius 1 is 1.39 bits per heavy atom. The highest BCUT2D eigenvalue weighted by atomic mass is 19.1. The molecule has 1 heterocycles. The number of hydrogen-bond donors (Lipinski definition) is 1. The lowest BCUT2D eigenvalue weighted by molar-refractivity contribution is 0.198. The molecule has 1 unspecified atom stereocenters. The molecular formula is C14H21FN2O. The van der Waals surface area contributed by atoms with Crippen LogP contribution in [0.5, 0.6) is 0 Å². The summed E-state index contributed by atoms with van der Waals surface area (Å²) in [5.41, 5.74) is 1.26. The molecule has 18 heavy (non-hydrogen) atoms. The normalized spacial score (nSPS) is 23.2. The quantitative estimate of drug-likeness (QED) is 0.872. The Morgan fingerprint density at radius 3 is 2.67 bits per heavy atom. The second-order valence-corrected chi connectivity index (χ2v) is 5.16. The van der Waals surface area contributed by atoms with Gasteiger partial charge in [-0.05, 0) is 38.6 Å². The van der Waals surface area contributed by atoms with E-state index < -0.39 is 6.10 Å². The Hall–Kier alpha value is -1.13. The van der Waals surface area contributed by atoms with E-state index in [0.29, 0.717) is 17.3 Å². The SMILES string of the molecule is CC1CN(c2ccc([C@@H](C)O)cc2F)CCN1C. The molecule has 2 rings (SSSR count). The Labute approximate surface area is 108 Å². The number of rotatable bonds is 2. The minimum absolute atomic E-state index is 0.245. The van der Waals surface area contributed by atoms with Crippen LogP contribution in [0.25, 0.3) is 0 Å². The Bertz CT molecular complexity index is 422. The molecule has 1 N–H and O–H groups in total. The van der Waals surface area contributed by atoms with Gasteiger partial charge in [-0.2, -0.15) is 0 Å². The fraction of sp³-hybridized carbons (Fsp3) is 0.571. The van der Waals surface area contributed by atoms with E-state index in [4.69, 9.17) is 0 Å². The summed E-state index contributed by atoms with van der Waals surface area (Å²) < 4.78 is 14.1. The van der Waals surface area contributed by atoms with Crippen molar-refractivity contribution in [3.05, 3.63) is 29.6 Å². The summed E-state index contributed by atoms with van der Waals surface area (Å²) in [5.74, 6) is -0.245. The van der Waals surface area contributed by atoms with Crippen LogP contribution in [-0.2, 0) is 0 Å². The van der Waals surface area contributed by atoms with Gasteiger partial charge in [0.05, 0.1) is 11.8 Å². The Balaban J connectivity index is 2.19. The van der Waals surface area contributed by atoms with Crippen LogP contribution in [0.1, 0.15) is 25.5 Å². The van der Waals surface area contributed by atoms with E-state index in [9.17, 15) is 9.50 Å². The van der Waals surface area contributed by atoms with Gasteiger partial charge in [-0.15, -0.1) is 0 Å². The highest BCUT2D eigenvalue weighted by molar-refractivity contribution is 5.50. The van der Waals surface area contributed by atoms with Crippen LogP contribution in [-0.4, -0.2) is 42.7 Å². The van der Waals surface area contributed by atoms with Gasteiger partial charge in [0.15, 0.2) is 0 Å². The minimum Gasteiger partial charge on any atom is -0.389 e. The second-order valence-electron chi connectivity index (χ2n) is 5.16. The molecule has 100 valence electrons. The van der Waals surface area contributed by atoms with Gasteiger partial charge in [0.1, 0.15) is 5.82 Å². The Morgan fingerprint density at radius 2 is 2.11 bits per heavy atom. The lowest BCUT2D eigenvalue weighted by Crippen LogP contribution is -2.50. The van der Waals surface area contributed by atoms with Crippen molar-refractivity contribution >= 4 is 5.69 Å². The van der Waals surface area contributed by atoms with Crippen LogP contribution in [0.3, 0.4) is 0 Å². The van der Waals surface area contributed by atoms with Crippen LogP contribution in [0.4, 0.5) is 10.1 Å². The molecule has 1 saturated heterocycles. The second kappa shape index (κ2) is 5.24. The number of likely N-dealkylation sites (N-methyl/N-ethyl adjacent to an activating group) is 1. The molecule has 0 aliphatic carbocycles. The predicted molar refractivity (Wildman–Crippen MR) is 71.3 cm³/mol. The first-order valence-corrected chi connectivity index (χ1v) is 6.41. The van der Waals surface area contributed by atoms with E-state index in [1.807, 2.05) is 0 Å². The van der Waals surface area contributed by atoms with Crippen LogP contribution in [0.15, 0.2) is 18.2 Å². The van der Waals surface area contributed by atoms with Gasteiger partial charge in [0.2, 0.25) is 0 Å². The molecule has 1 fully saturated rings. The van der Waals surface area contributed by atoms with E-state index in [2.05, 4.69) is 23.8 Å². The number of hydrogen-bond acceptors (Lipinski definition) is 3. The number of anilines is 1. The molecule has 4 heteroatoms. The van der Waals surface area contributed by atoms with Gasteiger partial charge in [-0.25, -0.2) is 4.39 Å². The smallest absolute Gasteiger partial charge is 0.146 e. The molecule has 1 aliphatic heterocycles. The fourth-order valence-corrected chi connectivity index (χ4v) is 2.31. The van der Waals surface area contributed by atoms with Crippen molar-refractivity contribution in [1.82, 2.24) is 4.90 Å². The summed E-state index contributed by atoms with van der Waals surface area (Å²) in [7, 11) is 2.09. The molecule has 0 amide bonds. The number of benzene rings is 1. The van der Waals surface area contributed by atoms with Crippen molar-refractivity contribution in [2.75, 3.05) is 31.6 Å². The van der Waals surface area contributed by atoms with Gasteiger partial charge >= 0.3 is 0 Å². The van der Waals surface area contributed by atoms with E-state index in [0.717, 1.165) is 19.6 Å². The van der Waals surface area contributed by atoms with Crippen molar-refractivity contribution in [1.29, 1.82) is 0 Å². The molecular weight excluding hydrogens is 231 g/mol. The summed E-state index contributed by atoms with van der Waals surface area (Å²) in [6, 6.07) is 5.43. The molecule has 0 aromatic heterocycles. The molecule has 3 nitrogen and oxygen atoms in total. The van der Waals surface area contributed by atoms with Crippen molar-refractivity contribution in [2.24, 2.45) is 0 Å². The lowest BCUT2D eigenvalue weighted by Gasteiger charge is -2.39. The Kier molecular flexibility index (Phi) is 3.88. The standard InChI is InChI=1S/C14H21FN2O/c1-10-9-17(7-6-16(10)3)14-5-4-12(11(2)18)8-13(14)15/h4-5,8,10-11,18H,6-7,9H2,1-3H3/t10?,11-/m1/s1. The topological polar surface area (TPSA) is 26.7 Å². The van der Waals surface area contributed by atoms with Crippen LogP contribution in [0.2, 0.25) is 0 Å². The third-order valence-corrected chi connectivity index (χ3v) is 3.75. The fourth-order valence-electron chi connectivity index (χ4n) is 2.31. The third-order valence-electron chi connectivity index (χ3n) is 3.75. The van der Waals surface area contributed by atoms with Gasteiger partial charge in [-0.3, -0.25) is 0 Å². The molecule has 1 aromatic carbocycles. The first kappa shape index (κ1) is 13.3. The van der Waals surface area contributed by atoms with E-state index in [-0.39, 0.29) is 5.82 Å². The van der Waals surface area contributed by atoms with Gasteiger partial charge < -0.3 is 14.9 Å². The number of halogens is 1. The van der Waals surface area contributed by atoms with Crippen LogP contribution < -0.4 is 4.90 Å². The molecule has 0 radical (unpaired) electrons. The third kappa shape index (κ3) is 2.65. The lowest BCUT2D eigenvalue weighted by atomic mass is 10.1. The number of aliphatic hydroxyl groups is 1. The van der Waals surface area contributed by atoms with Crippen LogP contribution in [0, 0.1) is 5.82 Å². The molecule has 2 atom stereocenters. The van der Waals surface area contributed by atoms with E-state index >= 15 is 0 Å². The first-order valence-electron chi connectivity index (χ1n) is 6.41. The highest BCUT2D eigenvalue weighted by Crippen LogP contribution is 2.25. The maximum absolute atomic E-state index is 14.1. The molecule has 1 aromatic rings. The average Bonchev–Trinajstić information content (AvgIpc) is 2.32. The van der Waals surface area contributed by atoms with Crippen LogP contribution >= 0.6 is 0 Å². The molecule has 1 aliphatic rings. The van der Waals surface area contributed by atoms with Crippen molar-refractivity contribution < 1.29 is 9.50 Å². The van der Waals surface area contributed by atoms with Gasteiger partial charge in [0, 0.05) is 25.7 Å². The molecule has 0 bridgehead atoms. The molecule has 0 spiro atoms. The first-order chi connectivity index (χ1) is 8.49. The van der Waals surface area contributed by atoms with Crippen molar-refractivity contribution in [3.8, 4) is 0 Å². The summed E-state index contributed by atoms with van der Waals surface area (Å²) in [6.45, 7) is 6.41. The van der Waals surface area contributed by atoms with E-state index in [1.54, 1.807) is 19.1 Å². The maximum Gasteiger partial charge on any atom is 0.146 e. The van der Waals surface area contributed by atoms with Gasteiger partial charge in [0.25, 0.3) is 0 Å². The summed E-state index contributed by atoms with van der Waals surface area (Å²) in [5, 5.41) is 9.44. The maximum atomic E-state index is 14.1. The monoisotopic (exact) mass is 252 g/mol. The summed E-state index contributed by atoms with van der Waals surface area (Å²) >= 11 is 0.